The third-order valence-electron chi connectivity index (χ3n) is 6.55. The Balaban J connectivity index is 1.11. The van der Waals surface area contributed by atoms with Crippen LogP contribution in [0, 0.1) is 6.92 Å². The normalized spacial score (nSPS) is 22.4. The lowest BCUT2D eigenvalue weighted by Crippen LogP contribution is -2.52. The molecular formula is C24H29N5O3S. The molecule has 3 aromatic rings. The number of carbonyl (C=O) groups is 1. The van der Waals surface area contributed by atoms with Crippen molar-refractivity contribution in [3.63, 3.8) is 0 Å². The van der Waals surface area contributed by atoms with E-state index in [4.69, 9.17) is 15.2 Å². The quantitative estimate of drug-likeness (QED) is 0.524. The number of thiazole rings is 1. The largest absolute Gasteiger partial charge is 0.492 e. The van der Waals surface area contributed by atoms with E-state index in [2.05, 4.69) is 20.2 Å². The summed E-state index contributed by atoms with van der Waals surface area (Å²) < 4.78 is 13.0. The lowest BCUT2D eigenvalue weighted by atomic mass is 9.97. The van der Waals surface area contributed by atoms with Crippen LogP contribution < -0.4 is 20.5 Å². The van der Waals surface area contributed by atoms with Crippen LogP contribution >= 0.6 is 11.3 Å². The summed E-state index contributed by atoms with van der Waals surface area (Å²) in [4.78, 5) is 22.9. The molecule has 2 aliphatic heterocycles. The highest BCUT2D eigenvalue weighted by Crippen LogP contribution is 2.36. The van der Waals surface area contributed by atoms with Gasteiger partial charge in [-0.2, -0.15) is 4.98 Å². The maximum absolute atomic E-state index is 11.6. The van der Waals surface area contributed by atoms with Gasteiger partial charge >= 0.3 is 0 Å². The molecule has 9 heteroatoms. The minimum Gasteiger partial charge on any atom is -0.492 e. The molecule has 1 aromatic carbocycles. The van der Waals surface area contributed by atoms with Crippen molar-refractivity contribution in [2.75, 3.05) is 19.7 Å². The molecule has 3 N–H and O–H groups in total. The monoisotopic (exact) mass is 467 g/mol. The number of benzene rings is 1. The van der Waals surface area contributed by atoms with Gasteiger partial charge in [0.25, 0.3) is 5.19 Å². The topological polar surface area (TPSA) is 103 Å². The minimum absolute atomic E-state index is 0.0569. The molecule has 2 aliphatic rings. The summed E-state index contributed by atoms with van der Waals surface area (Å²) in [5.41, 5.74) is 7.30. The van der Waals surface area contributed by atoms with Crippen molar-refractivity contribution in [3.05, 3.63) is 42.1 Å². The van der Waals surface area contributed by atoms with Crippen molar-refractivity contribution in [1.29, 1.82) is 0 Å². The van der Waals surface area contributed by atoms with Gasteiger partial charge in [0.05, 0.1) is 11.2 Å². The van der Waals surface area contributed by atoms with Crippen LogP contribution in [0.2, 0.25) is 0 Å². The molecule has 2 fully saturated rings. The fraction of sp³-hybridized carbons (Fsp3) is 0.458. The average molecular weight is 468 g/mol. The molecule has 0 radical (unpaired) electrons. The molecule has 33 heavy (non-hydrogen) atoms. The highest BCUT2D eigenvalue weighted by atomic mass is 32.1. The number of fused-ring (bicyclic) bond motifs is 3. The smallest absolute Gasteiger partial charge is 0.281 e. The molecule has 174 valence electrons. The molecule has 2 saturated heterocycles. The summed E-state index contributed by atoms with van der Waals surface area (Å²) >= 11 is 1.50. The zero-order valence-corrected chi connectivity index (χ0v) is 19.5. The number of nitrogens with zero attached hydrogens (tertiary/aromatic N) is 3. The van der Waals surface area contributed by atoms with Crippen LogP contribution in [0.5, 0.6) is 16.7 Å². The first-order valence-corrected chi connectivity index (χ1v) is 12.3. The van der Waals surface area contributed by atoms with Gasteiger partial charge < -0.3 is 20.5 Å². The van der Waals surface area contributed by atoms with Crippen LogP contribution in [0.3, 0.4) is 0 Å². The molecule has 0 saturated carbocycles. The molecule has 5 rings (SSSR count). The minimum atomic E-state index is -0.0569. The Morgan fingerprint density at radius 1 is 1.18 bits per heavy atom. The number of pyridine rings is 1. The van der Waals surface area contributed by atoms with Gasteiger partial charge in [-0.15, -0.1) is 0 Å². The van der Waals surface area contributed by atoms with Crippen molar-refractivity contribution in [2.45, 2.75) is 50.7 Å². The van der Waals surface area contributed by atoms with Crippen molar-refractivity contribution in [2.24, 2.45) is 5.73 Å². The van der Waals surface area contributed by atoms with Gasteiger partial charge in [0.15, 0.2) is 5.65 Å². The van der Waals surface area contributed by atoms with E-state index >= 15 is 0 Å². The Bertz CT molecular complexity index is 1100. The second kappa shape index (κ2) is 9.62. The van der Waals surface area contributed by atoms with Crippen LogP contribution in [-0.2, 0) is 4.79 Å². The fourth-order valence-corrected chi connectivity index (χ4v) is 5.86. The third kappa shape index (κ3) is 4.95. The van der Waals surface area contributed by atoms with E-state index in [0.29, 0.717) is 23.9 Å². The van der Waals surface area contributed by atoms with Crippen LogP contribution in [0.4, 0.5) is 0 Å². The Morgan fingerprint density at radius 3 is 2.61 bits per heavy atom. The number of amides is 1. The Kier molecular flexibility index (Phi) is 6.43. The van der Waals surface area contributed by atoms with Gasteiger partial charge in [0.2, 0.25) is 5.91 Å². The first-order chi connectivity index (χ1) is 16.1. The highest BCUT2D eigenvalue weighted by Gasteiger charge is 2.40. The SMILES string of the molecule is Cc1ccnc2nc(Oc3ccc(OCCN4[C@@H]5CC[C@H]4C[C@@H](NC(=O)CN)C5)cc3)sc12. The second-order valence-electron chi connectivity index (χ2n) is 8.75. The van der Waals surface area contributed by atoms with E-state index in [-0.39, 0.29) is 18.5 Å². The Labute approximate surface area is 197 Å². The summed E-state index contributed by atoms with van der Waals surface area (Å²) in [5.74, 6) is 1.49. The predicted octanol–water partition coefficient (Wildman–Crippen LogP) is 3.24. The number of hydrogen-bond acceptors (Lipinski definition) is 8. The lowest BCUT2D eigenvalue weighted by molar-refractivity contribution is -0.120. The van der Waals surface area contributed by atoms with Crippen LogP contribution in [-0.4, -0.2) is 58.6 Å². The van der Waals surface area contributed by atoms with Gasteiger partial charge in [-0.1, -0.05) is 11.3 Å². The first kappa shape index (κ1) is 22.1. The van der Waals surface area contributed by atoms with Gasteiger partial charge in [0, 0.05) is 30.9 Å². The number of nitrogens with two attached hydrogens (primary N) is 1. The summed E-state index contributed by atoms with van der Waals surface area (Å²) in [6.45, 7) is 3.63. The van der Waals surface area contributed by atoms with Gasteiger partial charge in [0.1, 0.15) is 18.1 Å². The van der Waals surface area contributed by atoms with E-state index in [1.165, 1.54) is 24.2 Å². The number of ether oxygens (including phenoxy) is 2. The van der Waals surface area contributed by atoms with Gasteiger partial charge in [-0.05, 0) is 68.5 Å². The van der Waals surface area contributed by atoms with Gasteiger partial charge in [-0.25, -0.2) is 4.98 Å². The lowest BCUT2D eigenvalue weighted by Gasteiger charge is -2.39. The van der Waals surface area contributed by atoms with Gasteiger partial charge in [-0.3, -0.25) is 9.69 Å². The maximum Gasteiger partial charge on any atom is 0.281 e. The number of nitrogens with one attached hydrogen (secondary N) is 1. The molecule has 2 bridgehead atoms. The van der Waals surface area contributed by atoms with Crippen molar-refractivity contribution in [1.82, 2.24) is 20.2 Å². The van der Waals surface area contributed by atoms with Crippen LogP contribution in [0.1, 0.15) is 31.2 Å². The summed E-state index contributed by atoms with van der Waals surface area (Å²) in [7, 11) is 0. The molecule has 8 nitrogen and oxygen atoms in total. The molecule has 0 unspecified atom stereocenters. The number of aromatic nitrogens is 2. The summed E-state index contributed by atoms with van der Waals surface area (Å²) in [6.07, 6.45) is 6.13. The summed E-state index contributed by atoms with van der Waals surface area (Å²) in [5, 5.41) is 3.65. The standard InChI is InChI=1S/C24H29N5O3S/c1-15-8-9-26-23-22(15)33-24(28-23)32-20-6-4-19(5-7-20)31-11-10-29-17-2-3-18(29)13-16(12-17)27-21(30)14-25/h4-9,16-18H,2-3,10-14,25H2,1H3,(H,27,30)/t16-,17+,18-. The van der Waals surface area contributed by atoms with Crippen molar-refractivity contribution in [3.8, 4) is 16.7 Å². The molecule has 0 spiro atoms. The van der Waals surface area contributed by atoms with Crippen LogP contribution in [0.25, 0.3) is 10.3 Å². The van der Waals surface area contributed by atoms with E-state index in [0.717, 1.165) is 46.8 Å². The molecule has 4 heterocycles. The van der Waals surface area contributed by atoms with Crippen LogP contribution in [0.15, 0.2) is 36.5 Å². The van der Waals surface area contributed by atoms with E-state index in [1.54, 1.807) is 6.20 Å². The zero-order valence-electron chi connectivity index (χ0n) is 18.7. The molecule has 3 atom stereocenters. The summed E-state index contributed by atoms with van der Waals surface area (Å²) in [6, 6.07) is 10.9. The number of rotatable bonds is 8. The average Bonchev–Trinajstić information content (AvgIpc) is 3.33. The van der Waals surface area contributed by atoms with Crippen molar-refractivity contribution < 1.29 is 14.3 Å². The second-order valence-corrected chi connectivity index (χ2v) is 9.71. The molecule has 1 amide bonds. The number of piperidine rings is 1. The molecule has 2 aromatic heterocycles. The fourth-order valence-electron chi connectivity index (χ4n) is 4.99. The number of aryl methyl sites for hydroxylation is 1. The first-order valence-electron chi connectivity index (χ1n) is 11.5. The Morgan fingerprint density at radius 2 is 1.91 bits per heavy atom. The van der Waals surface area contributed by atoms with E-state index in [9.17, 15) is 4.79 Å². The van der Waals surface area contributed by atoms with Crippen molar-refractivity contribution >= 4 is 27.6 Å². The highest BCUT2D eigenvalue weighted by molar-refractivity contribution is 7.20. The predicted molar refractivity (Wildman–Crippen MR) is 128 cm³/mol. The zero-order chi connectivity index (χ0) is 22.8. The van der Waals surface area contributed by atoms with E-state index < -0.39 is 0 Å². The molecule has 0 aliphatic carbocycles. The number of hydrogen-bond donors (Lipinski definition) is 2. The maximum atomic E-state index is 11.6. The van der Waals surface area contributed by atoms with E-state index in [1.807, 2.05) is 37.3 Å². The number of carbonyl (C=O) groups excluding carboxylic acids is 1. The Hall–Kier alpha value is -2.75. The third-order valence-corrected chi connectivity index (χ3v) is 7.61. The molecular weight excluding hydrogens is 438 g/mol.